The van der Waals surface area contributed by atoms with Crippen LogP contribution in [0.5, 0.6) is 0 Å². The van der Waals surface area contributed by atoms with Gasteiger partial charge in [0.25, 0.3) is 0 Å². The largest absolute Gasteiger partial charge is 0.349 e. The van der Waals surface area contributed by atoms with Crippen molar-refractivity contribution in [3.05, 3.63) is 16.1 Å². The Morgan fingerprint density at radius 1 is 1.62 bits per heavy atom. The highest BCUT2D eigenvalue weighted by Gasteiger charge is 2.26. The highest BCUT2D eigenvalue weighted by atomic mass is 35.5. The summed E-state index contributed by atoms with van der Waals surface area (Å²) < 4.78 is 0. The first-order valence-electron chi connectivity index (χ1n) is 5.27. The van der Waals surface area contributed by atoms with Crippen molar-refractivity contribution in [2.24, 2.45) is 5.41 Å². The number of carbonyl (C=O) groups excluding carboxylic acids is 1. The van der Waals surface area contributed by atoms with E-state index in [1.54, 1.807) is 11.3 Å². The minimum atomic E-state index is -0.521. The van der Waals surface area contributed by atoms with Crippen molar-refractivity contribution < 1.29 is 4.79 Å². The average Bonchev–Trinajstić information content (AvgIpc) is 2.73. The van der Waals surface area contributed by atoms with Crippen molar-refractivity contribution in [1.29, 1.82) is 0 Å². The molecule has 0 saturated carbocycles. The van der Waals surface area contributed by atoms with Crippen molar-refractivity contribution >= 4 is 28.8 Å². The molecule has 0 bridgehead atoms. The zero-order valence-corrected chi connectivity index (χ0v) is 11.4. The predicted octanol–water partition coefficient (Wildman–Crippen LogP) is 2.59. The van der Waals surface area contributed by atoms with Crippen LogP contribution >= 0.6 is 22.9 Å². The number of hydrogen-bond donors (Lipinski definition) is 1. The Morgan fingerprint density at radius 3 is 2.81 bits per heavy atom. The number of aryl methyl sites for hydroxylation is 1. The van der Waals surface area contributed by atoms with Gasteiger partial charge < -0.3 is 5.32 Å². The SMILES string of the molecule is CCc1cnc(CNC(=O)C(C)(C)CCl)s1. The summed E-state index contributed by atoms with van der Waals surface area (Å²) >= 11 is 7.36. The number of thiazole rings is 1. The van der Waals surface area contributed by atoms with Gasteiger partial charge in [0.15, 0.2) is 0 Å². The van der Waals surface area contributed by atoms with Crippen molar-refractivity contribution in [1.82, 2.24) is 10.3 Å². The second-order valence-corrected chi connectivity index (χ2v) is 5.74. The molecule has 1 N–H and O–H groups in total. The maximum absolute atomic E-state index is 11.7. The third-order valence-electron chi connectivity index (χ3n) is 2.30. The molecule has 90 valence electrons. The Hall–Kier alpha value is -0.610. The van der Waals surface area contributed by atoms with Gasteiger partial charge in [-0.05, 0) is 20.3 Å². The van der Waals surface area contributed by atoms with Gasteiger partial charge in [-0.15, -0.1) is 22.9 Å². The fourth-order valence-corrected chi connectivity index (χ4v) is 1.97. The summed E-state index contributed by atoms with van der Waals surface area (Å²) in [5, 5.41) is 3.79. The predicted molar refractivity (Wildman–Crippen MR) is 67.8 cm³/mol. The first-order chi connectivity index (χ1) is 7.49. The molecular formula is C11H17ClN2OS. The molecule has 0 aromatic carbocycles. The van der Waals surface area contributed by atoms with Crippen molar-refractivity contribution in [2.75, 3.05) is 5.88 Å². The third kappa shape index (κ3) is 3.46. The van der Waals surface area contributed by atoms with Crippen LogP contribution in [-0.2, 0) is 17.8 Å². The second kappa shape index (κ2) is 5.64. The highest BCUT2D eigenvalue weighted by Crippen LogP contribution is 2.18. The van der Waals surface area contributed by atoms with E-state index < -0.39 is 5.41 Å². The van der Waals surface area contributed by atoms with Crippen LogP contribution in [0.15, 0.2) is 6.20 Å². The van der Waals surface area contributed by atoms with Crippen LogP contribution in [0.25, 0.3) is 0 Å². The van der Waals surface area contributed by atoms with Gasteiger partial charge in [-0.3, -0.25) is 4.79 Å². The molecule has 0 radical (unpaired) electrons. The standard InChI is InChI=1S/C11H17ClN2OS/c1-4-8-5-13-9(16-8)6-14-10(15)11(2,3)7-12/h5H,4,6-7H2,1-3H3,(H,14,15). The first-order valence-corrected chi connectivity index (χ1v) is 6.62. The van der Waals surface area contributed by atoms with Gasteiger partial charge in [0, 0.05) is 17.0 Å². The molecule has 1 amide bonds. The number of hydrogen-bond acceptors (Lipinski definition) is 3. The molecule has 3 nitrogen and oxygen atoms in total. The minimum absolute atomic E-state index is 0.0317. The lowest BCUT2D eigenvalue weighted by Gasteiger charge is -2.19. The van der Waals surface area contributed by atoms with Gasteiger partial charge in [0.2, 0.25) is 5.91 Å². The number of nitrogens with one attached hydrogen (secondary N) is 1. The van der Waals surface area contributed by atoms with E-state index in [0.29, 0.717) is 12.4 Å². The molecule has 0 aliphatic rings. The molecule has 16 heavy (non-hydrogen) atoms. The lowest BCUT2D eigenvalue weighted by atomic mass is 9.95. The van der Waals surface area contributed by atoms with Gasteiger partial charge in [-0.25, -0.2) is 4.98 Å². The molecule has 0 spiro atoms. The van der Waals surface area contributed by atoms with Gasteiger partial charge >= 0.3 is 0 Å². The lowest BCUT2D eigenvalue weighted by molar-refractivity contribution is -0.128. The highest BCUT2D eigenvalue weighted by molar-refractivity contribution is 7.11. The van der Waals surface area contributed by atoms with Crippen LogP contribution in [0.1, 0.15) is 30.7 Å². The first kappa shape index (κ1) is 13.5. The summed E-state index contributed by atoms with van der Waals surface area (Å²) in [6, 6.07) is 0. The lowest BCUT2D eigenvalue weighted by Crippen LogP contribution is -2.37. The zero-order valence-electron chi connectivity index (χ0n) is 9.84. The second-order valence-electron chi connectivity index (χ2n) is 4.27. The topological polar surface area (TPSA) is 42.0 Å². The summed E-state index contributed by atoms with van der Waals surface area (Å²) in [6.45, 7) is 6.24. The fraction of sp³-hybridized carbons (Fsp3) is 0.636. The molecule has 1 aromatic rings. The number of amides is 1. The number of nitrogens with zero attached hydrogens (tertiary/aromatic N) is 1. The van der Waals surface area contributed by atoms with E-state index in [2.05, 4.69) is 17.2 Å². The summed E-state index contributed by atoms with van der Waals surface area (Å²) in [7, 11) is 0. The number of carbonyl (C=O) groups is 1. The maximum Gasteiger partial charge on any atom is 0.227 e. The van der Waals surface area contributed by atoms with E-state index in [-0.39, 0.29) is 5.91 Å². The Morgan fingerprint density at radius 2 is 2.31 bits per heavy atom. The van der Waals surface area contributed by atoms with E-state index in [0.717, 1.165) is 11.4 Å². The van der Waals surface area contributed by atoms with Crippen molar-refractivity contribution in [3.8, 4) is 0 Å². The summed E-state index contributed by atoms with van der Waals surface area (Å²) in [6.07, 6.45) is 2.84. The minimum Gasteiger partial charge on any atom is -0.349 e. The fourth-order valence-electron chi connectivity index (χ4n) is 1.05. The third-order valence-corrected chi connectivity index (χ3v) is 4.11. The average molecular weight is 261 g/mol. The molecule has 0 atom stereocenters. The molecule has 0 aliphatic heterocycles. The molecule has 1 aromatic heterocycles. The molecule has 0 saturated heterocycles. The van der Waals surface area contributed by atoms with E-state index >= 15 is 0 Å². The molecular weight excluding hydrogens is 244 g/mol. The van der Waals surface area contributed by atoms with Crippen LogP contribution in [0.4, 0.5) is 0 Å². The zero-order chi connectivity index (χ0) is 12.2. The normalized spacial score (nSPS) is 11.5. The van der Waals surface area contributed by atoms with E-state index in [4.69, 9.17) is 11.6 Å². The Kier molecular flexibility index (Phi) is 4.74. The van der Waals surface area contributed by atoms with Crippen molar-refractivity contribution in [3.63, 3.8) is 0 Å². The molecule has 1 heterocycles. The van der Waals surface area contributed by atoms with Gasteiger partial charge in [0.05, 0.1) is 12.0 Å². The van der Waals surface area contributed by atoms with E-state index in [9.17, 15) is 4.79 Å². The number of alkyl halides is 1. The summed E-state index contributed by atoms with van der Waals surface area (Å²) in [5.41, 5.74) is -0.521. The number of rotatable bonds is 5. The van der Waals surface area contributed by atoms with Gasteiger partial charge in [-0.2, -0.15) is 0 Å². The summed E-state index contributed by atoms with van der Waals surface area (Å²) in [4.78, 5) is 17.2. The quantitative estimate of drug-likeness (QED) is 0.827. The Balaban J connectivity index is 2.49. The molecule has 0 fully saturated rings. The van der Waals surface area contributed by atoms with E-state index in [1.807, 2.05) is 20.0 Å². The number of halogens is 1. The Bertz CT molecular complexity index is 363. The molecule has 0 aliphatic carbocycles. The van der Waals surface area contributed by atoms with Crippen LogP contribution in [-0.4, -0.2) is 16.8 Å². The molecule has 5 heteroatoms. The Labute approximate surface area is 105 Å². The van der Waals surface area contributed by atoms with Gasteiger partial charge in [-0.1, -0.05) is 6.92 Å². The monoisotopic (exact) mass is 260 g/mol. The molecule has 1 rings (SSSR count). The van der Waals surface area contributed by atoms with Crippen LogP contribution in [0, 0.1) is 5.41 Å². The smallest absolute Gasteiger partial charge is 0.227 e. The maximum atomic E-state index is 11.7. The van der Waals surface area contributed by atoms with Gasteiger partial charge in [0.1, 0.15) is 5.01 Å². The van der Waals surface area contributed by atoms with E-state index in [1.165, 1.54) is 4.88 Å². The molecule has 0 unspecified atom stereocenters. The van der Waals surface area contributed by atoms with Crippen molar-refractivity contribution in [2.45, 2.75) is 33.7 Å². The summed E-state index contributed by atoms with van der Waals surface area (Å²) in [5.74, 6) is 0.285. The van der Waals surface area contributed by atoms with Crippen LogP contribution < -0.4 is 5.32 Å². The number of aromatic nitrogens is 1. The van der Waals surface area contributed by atoms with Crippen LogP contribution in [0.3, 0.4) is 0 Å². The van der Waals surface area contributed by atoms with Crippen LogP contribution in [0.2, 0.25) is 0 Å².